The zero-order chi connectivity index (χ0) is 25.5. The number of benzene rings is 2. The first-order valence-electron chi connectivity index (χ1n) is 12.0. The van der Waals surface area contributed by atoms with Crippen molar-refractivity contribution in [3.8, 4) is 5.75 Å². The molecule has 1 aliphatic heterocycles. The van der Waals surface area contributed by atoms with E-state index < -0.39 is 10.0 Å². The molecule has 0 bridgehead atoms. The highest BCUT2D eigenvalue weighted by molar-refractivity contribution is 7.89. The maximum absolute atomic E-state index is 13.6. The second kappa shape index (κ2) is 11.7. The molecule has 0 aliphatic carbocycles. The molecule has 1 fully saturated rings. The minimum Gasteiger partial charge on any atom is -0.497 e. The predicted molar refractivity (Wildman–Crippen MR) is 135 cm³/mol. The summed E-state index contributed by atoms with van der Waals surface area (Å²) in [6, 6.07) is 19.5. The minimum atomic E-state index is -3.96. The molecule has 2 heterocycles. The summed E-state index contributed by atoms with van der Waals surface area (Å²) in [4.78, 5) is 15.4. The van der Waals surface area contributed by atoms with Gasteiger partial charge in [-0.15, -0.1) is 0 Å². The van der Waals surface area contributed by atoms with Crippen molar-refractivity contribution < 1.29 is 27.1 Å². The summed E-state index contributed by atoms with van der Waals surface area (Å²) in [5.74, 6) is 1.63. The Kier molecular flexibility index (Phi) is 8.45. The first kappa shape index (κ1) is 25.9. The van der Waals surface area contributed by atoms with Gasteiger partial charge in [-0.05, 0) is 61.7 Å². The van der Waals surface area contributed by atoms with Crippen molar-refractivity contribution in [3.63, 3.8) is 0 Å². The lowest BCUT2D eigenvalue weighted by Gasteiger charge is -2.28. The van der Waals surface area contributed by atoms with Gasteiger partial charge in [-0.2, -0.15) is 4.31 Å². The zero-order valence-corrected chi connectivity index (χ0v) is 21.4. The highest BCUT2D eigenvalue weighted by atomic mass is 32.2. The number of ether oxygens (including phenoxy) is 2. The van der Waals surface area contributed by atoms with Crippen LogP contribution < -0.4 is 4.74 Å². The second-order valence-electron chi connectivity index (χ2n) is 8.86. The van der Waals surface area contributed by atoms with Crippen LogP contribution in [0.25, 0.3) is 0 Å². The maximum atomic E-state index is 13.6. The number of nitrogens with zero attached hydrogens (tertiary/aromatic N) is 2. The highest BCUT2D eigenvalue weighted by Gasteiger charge is 2.32. The van der Waals surface area contributed by atoms with E-state index in [1.165, 1.54) is 23.5 Å². The molecule has 36 heavy (non-hydrogen) atoms. The standard InChI is InChI=1S/C27H32N2O6S/c1-21-10-11-25(35-21)18-28(17-22-7-4-3-5-8-22)27(30)20-29(19-24-9-6-16-34-24)36(31,32)26-14-12-23(33-2)13-15-26/h3-5,7-8,10-15,24H,6,9,16-20H2,1-2H3. The maximum Gasteiger partial charge on any atom is 0.243 e. The van der Waals surface area contributed by atoms with Crippen molar-refractivity contribution in [1.29, 1.82) is 0 Å². The summed E-state index contributed by atoms with van der Waals surface area (Å²) in [6.07, 6.45) is 1.37. The number of hydrogen-bond donors (Lipinski definition) is 0. The average molecular weight is 513 g/mol. The summed E-state index contributed by atoms with van der Waals surface area (Å²) in [7, 11) is -2.44. The normalized spacial score (nSPS) is 15.8. The molecular weight excluding hydrogens is 480 g/mol. The van der Waals surface area contributed by atoms with Gasteiger partial charge in [0.1, 0.15) is 17.3 Å². The van der Waals surface area contributed by atoms with Crippen molar-refractivity contribution in [3.05, 3.63) is 83.8 Å². The van der Waals surface area contributed by atoms with Gasteiger partial charge in [0.05, 0.1) is 31.2 Å². The van der Waals surface area contributed by atoms with Crippen molar-refractivity contribution in [2.24, 2.45) is 0 Å². The fraction of sp³-hybridized carbons (Fsp3) is 0.370. The van der Waals surface area contributed by atoms with Gasteiger partial charge in [-0.25, -0.2) is 8.42 Å². The zero-order valence-electron chi connectivity index (χ0n) is 20.6. The molecule has 1 amide bonds. The van der Waals surface area contributed by atoms with Crippen LogP contribution in [0.2, 0.25) is 0 Å². The predicted octanol–water partition coefficient (Wildman–Crippen LogP) is 4.00. The van der Waals surface area contributed by atoms with E-state index in [4.69, 9.17) is 13.9 Å². The first-order chi connectivity index (χ1) is 17.3. The molecule has 2 aromatic carbocycles. The van der Waals surface area contributed by atoms with Crippen molar-refractivity contribution in [1.82, 2.24) is 9.21 Å². The van der Waals surface area contributed by atoms with E-state index in [-0.39, 0.29) is 36.5 Å². The van der Waals surface area contributed by atoms with Crippen LogP contribution in [0.4, 0.5) is 0 Å². The molecule has 1 aromatic heterocycles. The van der Waals surface area contributed by atoms with Gasteiger partial charge in [0.15, 0.2) is 0 Å². The number of amides is 1. The SMILES string of the molecule is COc1ccc(S(=O)(=O)N(CC(=O)N(Cc2ccccc2)Cc2ccc(C)o2)CC2CCCO2)cc1. The van der Waals surface area contributed by atoms with Crippen molar-refractivity contribution in [2.45, 2.75) is 43.9 Å². The molecule has 8 nitrogen and oxygen atoms in total. The lowest BCUT2D eigenvalue weighted by atomic mass is 10.2. The van der Waals surface area contributed by atoms with Crippen LogP contribution in [0, 0.1) is 6.92 Å². The molecule has 0 saturated carbocycles. The van der Waals surface area contributed by atoms with E-state index in [1.807, 2.05) is 49.4 Å². The first-order valence-corrected chi connectivity index (χ1v) is 13.4. The van der Waals surface area contributed by atoms with Crippen LogP contribution in [0.15, 0.2) is 76.0 Å². The quantitative estimate of drug-likeness (QED) is 0.386. The number of furan rings is 1. The van der Waals surface area contributed by atoms with E-state index in [0.717, 1.165) is 24.2 Å². The number of carbonyl (C=O) groups excluding carboxylic acids is 1. The smallest absolute Gasteiger partial charge is 0.243 e. The van der Waals surface area contributed by atoms with Gasteiger partial charge in [-0.1, -0.05) is 30.3 Å². The van der Waals surface area contributed by atoms with Gasteiger partial charge in [0.25, 0.3) is 0 Å². The van der Waals surface area contributed by atoms with Crippen LogP contribution in [-0.2, 0) is 32.6 Å². The summed E-state index contributed by atoms with van der Waals surface area (Å²) >= 11 is 0. The van der Waals surface area contributed by atoms with E-state index in [9.17, 15) is 13.2 Å². The van der Waals surface area contributed by atoms with Crippen LogP contribution in [-0.4, -0.2) is 56.4 Å². The molecule has 0 N–H and O–H groups in total. The third-order valence-electron chi connectivity index (χ3n) is 6.15. The van der Waals surface area contributed by atoms with E-state index >= 15 is 0 Å². The molecule has 192 valence electrons. The number of hydrogen-bond acceptors (Lipinski definition) is 6. The van der Waals surface area contributed by atoms with Gasteiger partial charge in [0.2, 0.25) is 15.9 Å². The van der Waals surface area contributed by atoms with Gasteiger partial charge in [-0.3, -0.25) is 4.79 Å². The fourth-order valence-electron chi connectivity index (χ4n) is 4.21. The van der Waals surface area contributed by atoms with Crippen LogP contribution in [0.5, 0.6) is 5.75 Å². The molecular formula is C27H32N2O6S. The Morgan fingerprint density at radius 1 is 1.03 bits per heavy atom. The third kappa shape index (κ3) is 6.54. The average Bonchev–Trinajstić information content (AvgIpc) is 3.55. The van der Waals surface area contributed by atoms with Crippen LogP contribution in [0.1, 0.15) is 29.9 Å². The minimum absolute atomic E-state index is 0.102. The number of sulfonamides is 1. The Morgan fingerprint density at radius 3 is 2.39 bits per heavy atom. The Morgan fingerprint density at radius 2 is 1.78 bits per heavy atom. The monoisotopic (exact) mass is 512 g/mol. The molecule has 3 aromatic rings. The summed E-state index contributed by atoms with van der Waals surface area (Å²) in [5.41, 5.74) is 0.942. The molecule has 0 radical (unpaired) electrons. The largest absolute Gasteiger partial charge is 0.497 e. The van der Waals surface area contributed by atoms with Gasteiger partial charge < -0.3 is 18.8 Å². The second-order valence-corrected chi connectivity index (χ2v) is 10.8. The fourth-order valence-corrected chi connectivity index (χ4v) is 5.63. The molecule has 4 rings (SSSR count). The molecule has 1 aliphatic rings. The molecule has 9 heteroatoms. The van der Waals surface area contributed by atoms with Crippen LogP contribution >= 0.6 is 0 Å². The van der Waals surface area contributed by atoms with E-state index in [1.54, 1.807) is 17.0 Å². The van der Waals surface area contributed by atoms with Crippen LogP contribution in [0.3, 0.4) is 0 Å². The third-order valence-corrected chi connectivity index (χ3v) is 7.98. The van der Waals surface area contributed by atoms with Crippen molar-refractivity contribution in [2.75, 3.05) is 26.8 Å². The Labute approximate surface area is 212 Å². The Bertz CT molecular complexity index is 1230. The number of aryl methyl sites for hydroxylation is 1. The number of carbonyl (C=O) groups is 1. The van der Waals surface area contributed by atoms with Gasteiger partial charge in [0, 0.05) is 19.7 Å². The summed E-state index contributed by atoms with van der Waals surface area (Å²) in [6.45, 7) is 2.80. The molecule has 1 atom stereocenters. The molecule has 1 unspecified atom stereocenters. The van der Waals surface area contributed by atoms with E-state index in [2.05, 4.69) is 0 Å². The number of rotatable bonds is 11. The Balaban J connectivity index is 1.59. The Hall–Kier alpha value is -3.14. The molecule has 1 saturated heterocycles. The van der Waals surface area contributed by atoms with E-state index in [0.29, 0.717) is 24.7 Å². The molecule has 0 spiro atoms. The topological polar surface area (TPSA) is 89.3 Å². The van der Waals surface area contributed by atoms with Crippen molar-refractivity contribution >= 4 is 15.9 Å². The number of methoxy groups -OCH3 is 1. The summed E-state index contributed by atoms with van der Waals surface area (Å²) in [5, 5.41) is 0. The summed E-state index contributed by atoms with van der Waals surface area (Å²) < 4.78 is 45.1. The highest BCUT2D eigenvalue weighted by Crippen LogP contribution is 2.23. The lowest BCUT2D eigenvalue weighted by Crippen LogP contribution is -2.45. The van der Waals surface area contributed by atoms with Gasteiger partial charge >= 0.3 is 0 Å². The lowest BCUT2D eigenvalue weighted by molar-refractivity contribution is -0.133.